The molecule has 106 valence electrons. The van der Waals surface area contributed by atoms with E-state index in [9.17, 15) is 9.59 Å². The Balaban J connectivity index is 2.26. The Morgan fingerprint density at radius 3 is 2.71 bits per heavy atom. The lowest BCUT2D eigenvalue weighted by molar-refractivity contribution is -0.139. The highest BCUT2D eigenvalue weighted by atomic mass is 35.5. The first-order valence-electron chi connectivity index (χ1n) is 6.06. The van der Waals surface area contributed by atoms with Gasteiger partial charge in [0.05, 0.1) is 10.8 Å². The first-order chi connectivity index (χ1) is 10.1. The molecule has 0 saturated carbocycles. The van der Waals surface area contributed by atoms with Gasteiger partial charge in [-0.2, -0.15) is 0 Å². The van der Waals surface area contributed by atoms with Crippen molar-refractivity contribution in [2.45, 2.75) is 0 Å². The van der Waals surface area contributed by atoms with Crippen molar-refractivity contribution >= 4 is 39.5 Å². The Morgan fingerprint density at radius 2 is 1.95 bits per heavy atom. The number of fused-ring (bicyclic) bond motifs is 2. The van der Waals surface area contributed by atoms with Gasteiger partial charge in [-0.15, -0.1) is 0 Å². The van der Waals surface area contributed by atoms with Crippen LogP contribution in [0.15, 0.2) is 45.6 Å². The zero-order valence-electron chi connectivity index (χ0n) is 10.6. The van der Waals surface area contributed by atoms with Crippen LogP contribution in [0.5, 0.6) is 5.75 Å². The third-order valence-corrected chi connectivity index (χ3v) is 3.36. The van der Waals surface area contributed by atoms with Gasteiger partial charge in [0.1, 0.15) is 16.4 Å². The molecule has 0 spiro atoms. The SMILES string of the molecule is O=C(O)COc1ccc2c(=O)c3ccccc3oc2c1Cl. The van der Waals surface area contributed by atoms with E-state index in [1.165, 1.54) is 12.1 Å². The Labute approximate surface area is 123 Å². The summed E-state index contributed by atoms with van der Waals surface area (Å²) < 4.78 is 10.7. The van der Waals surface area contributed by atoms with E-state index in [0.717, 1.165) is 0 Å². The van der Waals surface area contributed by atoms with Gasteiger partial charge < -0.3 is 14.3 Å². The molecular weight excluding hydrogens is 296 g/mol. The molecule has 0 aliphatic heterocycles. The summed E-state index contributed by atoms with van der Waals surface area (Å²) in [6.07, 6.45) is 0. The van der Waals surface area contributed by atoms with Crippen LogP contribution in [0.25, 0.3) is 21.9 Å². The number of carboxylic acids is 1. The monoisotopic (exact) mass is 304 g/mol. The van der Waals surface area contributed by atoms with Crippen LogP contribution < -0.4 is 10.2 Å². The molecule has 0 unspecified atom stereocenters. The van der Waals surface area contributed by atoms with Crippen LogP contribution in [-0.2, 0) is 4.79 Å². The Hall–Kier alpha value is -2.53. The van der Waals surface area contributed by atoms with Crippen molar-refractivity contribution in [3.63, 3.8) is 0 Å². The number of aliphatic carboxylic acids is 1. The van der Waals surface area contributed by atoms with E-state index < -0.39 is 12.6 Å². The van der Waals surface area contributed by atoms with Crippen molar-refractivity contribution in [2.24, 2.45) is 0 Å². The average Bonchev–Trinajstić information content (AvgIpc) is 2.47. The molecule has 6 heteroatoms. The molecule has 0 amide bonds. The quantitative estimate of drug-likeness (QED) is 0.752. The molecule has 0 atom stereocenters. The molecule has 0 saturated heterocycles. The summed E-state index contributed by atoms with van der Waals surface area (Å²) in [6, 6.07) is 9.80. The molecule has 1 heterocycles. The fraction of sp³-hybridized carbons (Fsp3) is 0.0667. The number of para-hydroxylation sites is 1. The van der Waals surface area contributed by atoms with Crippen molar-refractivity contribution in [2.75, 3.05) is 6.61 Å². The number of rotatable bonds is 3. The van der Waals surface area contributed by atoms with Crippen molar-refractivity contribution in [3.8, 4) is 5.75 Å². The molecule has 2 aromatic carbocycles. The summed E-state index contributed by atoms with van der Waals surface area (Å²) >= 11 is 6.15. The zero-order valence-corrected chi connectivity index (χ0v) is 11.4. The van der Waals surface area contributed by atoms with Crippen LogP contribution >= 0.6 is 11.6 Å². The van der Waals surface area contributed by atoms with Gasteiger partial charge in [0.25, 0.3) is 0 Å². The van der Waals surface area contributed by atoms with E-state index in [-0.39, 0.29) is 21.8 Å². The van der Waals surface area contributed by atoms with Gasteiger partial charge in [-0.1, -0.05) is 23.7 Å². The molecule has 1 N–H and O–H groups in total. The van der Waals surface area contributed by atoms with Crippen LogP contribution in [0.4, 0.5) is 0 Å². The minimum Gasteiger partial charge on any atom is -0.480 e. The third-order valence-electron chi connectivity index (χ3n) is 3.00. The summed E-state index contributed by atoms with van der Waals surface area (Å²) in [5.74, 6) is -0.962. The number of hydrogen-bond donors (Lipinski definition) is 1. The van der Waals surface area contributed by atoms with Gasteiger partial charge in [0, 0.05) is 0 Å². The van der Waals surface area contributed by atoms with Gasteiger partial charge in [-0.3, -0.25) is 4.79 Å². The molecule has 21 heavy (non-hydrogen) atoms. The Kier molecular flexibility index (Phi) is 3.27. The highest BCUT2D eigenvalue weighted by Gasteiger charge is 2.14. The number of halogens is 1. The topological polar surface area (TPSA) is 76.7 Å². The number of carboxylic acid groups (broad SMARTS) is 1. The Morgan fingerprint density at radius 1 is 1.19 bits per heavy atom. The predicted octanol–water partition coefficient (Wildman–Crippen LogP) is 3.06. The first kappa shape index (κ1) is 13.5. The lowest BCUT2D eigenvalue weighted by Crippen LogP contribution is -2.10. The maximum atomic E-state index is 12.4. The van der Waals surface area contributed by atoms with Crippen LogP contribution in [-0.4, -0.2) is 17.7 Å². The summed E-state index contributed by atoms with van der Waals surface area (Å²) in [4.78, 5) is 22.9. The molecule has 0 aliphatic carbocycles. The molecule has 5 nitrogen and oxygen atoms in total. The maximum Gasteiger partial charge on any atom is 0.341 e. The lowest BCUT2D eigenvalue weighted by Gasteiger charge is -2.08. The number of hydrogen-bond acceptors (Lipinski definition) is 4. The normalized spacial score (nSPS) is 10.9. The molecule has 3 aromatic rings. The Bertz CT molecular complexity index is 913. The second kappa shape index (κ2) is 5.10. The van der Waals surface area contributed by atoms with Gasteiger partial charge in [-0.25, -0.2) is 4.79 Å². The molecular formula is C15H9ClO5. The summed E-state index contributed by atoms with van der Waals surface area (Å²) in [5, 5.41) is 9.48. The molecule has 1 aromatic heterocycles. The maximum absolute atomic E-state index is 12.4. The van der Waals surface area contributed by atoms with Gasteiger partial charge in [0.15, 0.2) is 12.2 Å². The lowest BCUT2D eigenvalue weighted by atomic mass is 10.1. The average molecular weight is 305 g/mol. The van der Waals surface area contributed by atoms with Crippen molar-refractivity contribution in [1.82, 2.24) is 0 Å². The number of ether oxygens (including phenoxy) is 1. The van der Waals surface area contributed by atoms with E-state index in [2.05, 4.69) is 0 Å². The van der Waals surface area contributed by atoms with Crippen LogP contribution in [0.3, 0.4) is 0 Å². The van der Waals surface area contributed by atoms with Gasteiger partial charge >= 0.3 is 5.97 Å². The van der Waals surface area contributed by atoms with Crippen molar-refractivity contribution in [1.29, 1.82) is 0 Å². The van der Waals surface area contributed by atoms with Gasteiger partial charge in [0.2, 0.25) is 5.43 Å². The van der Waals surface area contributed by atoms with E-state index in [0.29, 0.717) is 16.4 Å². The molecule has 0 radical (unpaired) electrons. The standard InChI is InChI=1S/C15H9ClO5/c16-13-11(20-7-12(17)18)6-5-9-14(19)8-3-1-2-4-10(8)21-15(9)13/h1-6H,7H2,(H,17,18). The largest absolute Gasteiger partial charge is 0.480 e. The molecule has 0 fully saturated rings. The van der Waals surface area contributed by atoms with E-state index in [4.69, 9.17) is 25.9 Å². The fourth-order valence-corrected chi connectivity index (χ4v) is 2.32. The van der Waals surface area contributed by atoms with E-state index in [1.807, 2.05) is 0 Å². The van der Waals surface area contributed by atoms with Crippen LogP contribution in [0.2, 0.25) is 5.02 Å². The second-order valence-electron chi connectivity index (χ2n) is 4.36. The van der Waals surface area contributed by atoms with Gasteiger partial charge in [-0.05, 0) is 24.3 Å². The van der Waals surface area contributed by atoms with E-state index >= 15 is 0 Å². The number of benzene rings is 2. The highest BCUT2D eigenvalue weighted by Crippen LogP contribution is 2.33. The fourth-order valence-electron chi connectivity index (χ4n) is 2.07. The predicted molar refractivity (Wildman–Crippen MR) is 78.1 cm³/mol. The van der Waals surface area contributed by atoms with Crippen LogP contribution in [0.1, 0.15) is 0 Å². The number of carbonyl (C=O) groups is 1. The molecule has 3 rings (SSSR count). The second-order valence-corrected chi connectivity index (χ2v) is 4.74. The molecule has 0 bridgehead atoms. The summed E-state index contributed by atoms with van der Waals surface area (Å²) in [6.45, 7) is -0.525. The van der Waals surface area contributed by atoms with Crippen molar-refractivity contribution in [3.05, 3.63) is 51.6 Å². The first-order valence-corrected chi connectivity index (χ1v) is 6.44. The third kappa shape index (κ3) is 2.32. The zero-order chi connectivity index (χ0) is 15.0. The van der Waals surface area contributed by atoms with Crippen molar-refractivity contribution < 1.29 is 19.1 Å². The highest BCUT2D eigenvalue weighted by molar-refractivity contribution is 6.36. The summed E-state index contributed by atoms with van der Waals surface area (Å²) in [7, 11) is 0. The van der Waals surface area contributed by atoms with Crippen LogP contribution in [0, 0.1) is 0 Å². The van der Waals surface area contributed by atoms with E-state index in [1.54, 1.807) is 24.3 Å². The smallest absolute Gasteiger partial charge is 0.341 e. The molecule has 0 aliphatic rings. The minimum atomic E-state index is -1.12. The minimum absolute atomic E-state index is 0.0802. The summed E-state index contributed by atoms with van der Waals surface area (Å²) in [5.41, 5.74) is 0.397.